The summed E-state index contributed by atoms with van der Waals surface area (Å²) in [6, 6.07) is 13.5. The third-order valence-corrected chi connectivity index (χ3v) is 7.67. The number of rotatable bonds is 4. The number of sulfonamides is 1. The van der Waals surface area contributed by atoms with E-state index < -0.39 is 10.0 Å². The van der Waals surface area contributed by atoms with Crippen LogP contribution in [0.1, 0.15) is 24.8 Å². The maximum Gasteiger partial charge on any atom is 0.266 e. The van der Waals surface area contributed by atoms with Gasteiger partial charge in [0.1, 0.15) is 0 Å². The van der Waals surface area contributed by atoms with E-state index in [9.17, 15) is 13.2 Å². The molecule has 150 valence electrons. The van der Waals surface area contributed by atoms with Crippen molar-refractivity contribution in [3.05, 3.63) is 48.0 Å². The van der Waals surface area contributed by atoms with E-state index in [1.54, 1.807) is 12.1 Å². The number of fused-ring (bicyclic) bond motifs is 1. The molecule has 0 unspecified atom stereocenters. The first kappa shape index (κ1) is 18.2. The number of hydrogen-bond donors (Lipinski definition) is 1. The van der Waals surface area contributed by atoms with Gasteiger partial charge in [0, 0.05) is 53.9 Å². The first-order chi connectivity index (χ1) is 13.9. The fourth-order valence-corrected chi connectivity index (χ4v) is 5.61. The molecule has 29 heavy (non-hydrogen) atoms. The second kappa shape index (κ2) is 6.62. The van der Waals surface area contributed by atoms with Crippen LogP contribution in [0.3, 0.4) is 0 Å². The Kier molecular flexibility index (Phi) is 4.17. The number of carbonyl (C=O) groups excluding carboxylic acids is 1. The number of hydrogen-bond acceptors (Lipinski definition) is 4. The van der Waals surface area contributed by atoms with Gasteiger partial charge in [0.05, 0.1) is 4.90 Å². The van der Waals surface area contributed by atoms with Crippen molar-refractivity contribution >= 4 is 32.5 Å². The van der Waals surface area contributed by atoms with Crippen LogP contribution < -0.4 is 4.90 Å². The molecule has 0 atom stereocenters. The van der Waals surface area contributed by atoms with E-state index in [4.69, 9.17) is 0 Å². The number of aromatic nitrogens is 1. The van der Waals surface area contributed by atoms with Crippen molar-refractivity contribution in [2.75, 3.05) is 24.5 Å². The number of benzene rings is 2. The van der Waals surface area contributed by atoms with Crippen molar-refractivity contribution in [2.24, 2.45) is 0 Å². The lowest BCUT2D eigenvalue weighted by molar-refractivity contribution is -0.123. The van der Waals surface area contributed by atoms with Gasteiger partial charge in [-0.1, -0.05) is 12.1 Å². The first-order valence-electron chi connectivity index (χ1n) is 9.98. The maximum atomic E-state index is 13.1. The van der Waals surface area contributed by atoms with Crippen LogP contribution in [-0.2, 0) is 14.8 Å². The van der Waals surface area contributed by atoms with E-state index in [0.29, 0.717) is 12.8 Å². The monoisotopic (exact) mass is 409 g/mol. The standard InChI is InChI=1S/C22H23N3O3S/c1-15-5-6-16-13-20(23-19(16)12-15)18-14-17(7-8-21(18)24-9-3-10-24)29(27,28)25-11-2-4-22(25)26/h5-8,12-14,23H,2-4,9-11H2,1H3. The summed E-state index contributed by atoms with van der Waals surface area (Å²) in [6.45, 7) is 4.23. The Morgan fingerprint density at radius 2 is 1.79 bits per heavy atom. The lowest BCUT2D eigenvalue weighted by Gasteiger charge is -2.35. The first-order valence-corrected chi connectivity index (χ1v) is 11.4. The minimum Gasteiger partial charge on any atom is -0.371 e. The minimum atomic E-state index is -3.83. The quantitative estimate of drug-likeness (QED) is 0.714. The van der Waals surface area contributed by atoms with Gasteiger partial charge >= 0.3 is 0 Å². The van der Waals surface area contributed by atoms with Gasteiger partial charge in [-0.2, -0.15) is 0 Å². The van der Waals surface area contributed by atoms with Crippen molar-refractivity contribution in [1.82, 2.24) is 9.29 Å². The van der Waals surface area contributed by atoms with Crippen LogP contribution in [-0.4, -0.2) is 43.2 Å². The Hall–Kier alpha value is -2.80. The SMILES string of the molecule is Cc1ccc2cc(-c3cc(S(=O)(=O)N4CCCC4=O)ccc3N3CCC3)[nH]c2c1. The van der Waals surface area contributed by atoms with Crippen LogP contribution in [0.4, 0.5) is 5.69 Å². The number of H-pyrrole nitrogens is 1. The molecule has 6 nitrogen and oxygen atoms in total. The van der Waals surface area contributed by atoms with Crippen molar-refractivity contribution in [1.29, 1.82) is 0 Å². The van der Waals surface area contributed by atoms with Crippen LogP contribution >= 0.6 is 0 Å². The van der Waals surface area contributed by atoms with Crippen LogP contribution in [0.5, 0.6) is 0 Å². The Morgan fingerprint density at radius 3 is 2.48 bits per heavy atom. The summed E-state index contributed by atoms with van der Waals surface area (Å²) in [6.07, 6.45) is 2.01. The molecule has 3 heterocycles. The molecule has 3 aromatic rings. The Morgan fingerprint density at radius 1 is 0.966 bits per heavy atom. The minimum absolute atomic E-state index is 0.168. The zero-order valence-electron chi connectivity index (χ0n) is 16.3. The highest BCUT2D eigenvalue weighted by Crippen LogP contribution is 2.37. The van der Waals surface area contributed by atoms with Gasteiger partial charge in [0.15, 0.2) is 0 Å². The van der Waals surface area contributed by atoms with E-state index in [1.807, 2.05) is 13.0 Å². The Bertz CT molecular complexity index is 1230. The molecule has 7 heteroatoms. The van der Waals surface area contributed by atoms with E-state index in [0.717, 1.165) is 57.2 Å². The zero-order chi connectivity index (χ0) is 20.2. The number of nitrogens with zero attached hydrogens (tertiary/aromatic N) is 2. The van der Waals surface area contributed by atoms with Gasteiger partial charge < -0.3 is 9.88 Å². The Balaban J connectivity index is 1.65. The lowest BCUT2D eigenvalue weighted by atomic mass is 10.1. The van der Waals surface area contributed by atoms with Crippen LogP contribution in [0, 0.1) is 6.92 Å². The van der Waals surface area contributed by atoms with E-state index in [2.05, 4.69) is 34.1 Å². The summed E-state index contributed by atoms with van der Waals surface area (Å²) < 4.78 is 27.2. The smallest absolute Gasteiger partial charge is 0.266 e. The molecule has 0 saturated carbocycles. The van der Waals surface area contributed by atoms with E-state index >= 15 is 0 Å². The molecule has 0 spiro atoms. The lowest BCUT2D eigenvalue weighted by Crippen LogP contribution is -2.37. The average molecular weight is 410 g/mol. The molecule has 2 aliphatic heterocycles. The predicted molar refractivity (Wildman–Crippen MR) is 113 cm³/mol. The van der Waals surface area contributed by atoms with Gasteiger partial charge in [-0.05, 0) is 55.7 Å². The molecule has 1 amide bonds. The van der Waals surface area contributed by atoms with Crippen molar-refractivity contribution in [3.63, 3.8) is 0 Å². The Labute approximate surface area is 170 Å². The van der Waals surface area contributed by atoms with E-state index in [-0.39, 0.29) is 17.3 Å². The van der Waals surface area contributed by atoms with Gasteiger partial charge in [0.25, 0.3) is 10.0 Å². The molecule has 2 aliphatic rings. The largest absolute Gasteiger partial charge is 0.371 e. The van der Waals surface area contributed by atoms with Crippen molar-refractivity contribution in [2.45, 2.75) is 31.1 Å². The molecule has 0 radical (unpaired) electrons. The fourth-order valence-electron chi connectivity index (χ4n) is 4.11. The topological polar surface area (TPSA) is 73.5 Å². The number of carbonyl (C=O) groups is 1. The molecule has 5 rings (SSSR count). The molecular weight excluding hydrogens is 386 g/mol. The molecule has 2 saturated heterocycles. The highest BCUT2D eigenvalue weighted by Gasteiger charge is 2.33. The number of nitrogens with one attached hydrogen (secondary N) is 1. The summed E-state index contributed by atoms with van der Waals surface area (Å²) in [5.74, 6) is -0.320. The molecule has 1 aromatic heterocycles. The second-order valence-electron chi connectivity index (χ2n) is 7.87. The fraction of sp³-hybridized carbons (Fsp3) is 0.318. The average Bonchev–Trinajstić information content (AvgIpc) is 3.26. The van der Waals surface area contributed by atoms with Gasteiger partial charge in [-0.3, -0.25) is 4.79 Å². The zero-order valence-corrected chi connectivity index (χ0v) is 17.1. The number of aryl methyl sites for hydroxylation is 1. The number of aromatic amines is 1. The highest BCUT2D eigenvalue weighted by molar-refractivity contribution is 7.89. The van der Waals surface area contributed by atoms with Crippen LogP contribution in [0.25, 0.3) is 22.2 Å². The van der Waals surface area contributed by atoms with E-state index in [1.165, 1.54) is 0 Å². The predicted octanol–water partition coefficient (Wildman–Crippen LogP) is 3.66. The molecule has 2 fully saturated rings. The number of anilines is 1. The van der Waals surface area contributed by atoms with Crippen molar-refractivity contribution < 1.29 is 13.2 Å². The van der Waals surface area contributed by atoms with Gasteiger partial charge in [-0.25, -0.2) is 12.7 Å². The molecule has 0 bridgehead atoms. The maximum absolute atomic E-state index is 13.1. The normalized spacial score (nSPS) is 17.2. The third-order valence-electron chi connectivity index (χ3n) is 5.85. The van der Waals surface area contributed by atoms with Gasteiger partial charge in [0.2, 0.25) is 5.91 Å². The molecule has 1 N–H and O–H groups in total. The summed E-state index contributed by atoms with van der Waals surface area (Å²) in [7, 11) is -3.83. The summed E-state index contributed by atoms with van der Waals surface area (Å²) in [4.78, 5) is 17.9. The van der Waals surface area contributed by atoms with Gasteiger partial charge in [-0.15, -0.1) is 0 Å². The second-order valence-corrected chi connectivity index (χ2v) is 9.73. The van der Waals surface area contributed by atoms with Crippen LogP contribution in [0.2, 0.25) is 0 Å². The summed E-state index contributed by atoms with van der Waals surface area (Å²) >= 11 is 0. The molecule has 2 aromatic carbocycles. The highest BCUT2D eigenvalue weighted by atomic mass is 32.2. The van der Waals surface area contributed by atoms with Crippen molar-refractivity contribution in [3.8, 4) is 11.3 Å². The summed E-state index contributed by atoms with van der Waals surface area (Å²) in [5.41, 5.74) is 4.95. The number of amides is 1. The summed E-state index contributed by atoms with van der Waals surface area (Å²) in [5, 5.41) is 1.09. The third kappa shape index (κ3) is 3.00. The van der Waals surface area contributed by atoms with Crippen LogP contribution in [0.15, 0.2) is 47.4 Å². The molecular formula is C22H23N3O3S. The molecule has 0 aliphatic carbocycles.